The lowest BCUT2D eigenvalue weighted by Crippen LogP contribution is -2.45. The molecule has 1 aliphatic heterocycles. The van der Waals surface area contributed by atoms with Gasteiger partial charge in [-0.05, 0) is 37.1 Å². The molecule has 4 nitrogen and oxygen atoms in total. The van der Waals surface area contributed by atoms with Crippen LogP contribution >= 0.6 is 0 Å². The summed E-state index contributed by atoms with van der Waals surface area (Å²) in [7, 11) is 0. The fourth-order valence-corrected chi connectivity index (χ4v) is 2.60. The maximum atomic E-state index is 12.7. The van der Waals surface area contributed by atoms with Gasteiger partial charge in [0.05, 0.1) is 12.2 Å². The lowest BCUT2D eigenvalue weighted by atomic mass is 10.1. The van der Waals surface area contributed by atoms with Crippen LogP contribution in [0.2, 0.25) is 0 Å². The highest BCUT2D eigenvalue weighted by Gasteiger charge is 2.28. The monoisotopic (exact) mass is 296 g/mol. The number of hydrogen-bond donors (Lipinski definition) is 1. The molecule has 114 valence electrons. The summed E-state index contributed by atoms with van der Waals surface area (Å²) in [5.74, 6) is 0.764. The summed E-state index contributed by atoms with van der Waals surface area (Å²) < 4.78 is 5.91. The number of hydrogen-bond acceptors (Lipinski definition) is 2. The second-order valence-corrected chi connectivity index (χ2v) is 5.47. The van der Waals surface area contributed by atoms with Crippen molar-refractivity contribution in [3.05, 3.63) is 54.1 Å². The van der Waals surface area contributed by atoms with Gasteiger partial charge in [-0.2, -0.15) is 0 Å². The van der Waals surface area contributed by atoms with Crippen molar-refractivity contribution in [2.45, 2.75) is 26.4 Å². The molecule has 22 heavy (non-hydrogen) atoms. The fraction of sp³-hybridized carbons (Fsp3) is 0.278. The van der Waals surface area contributed by atoms with Crippen LogP contribution in [0.3, 0.4) is 0 Å². The normalized spacial score (nSPS) is 16.6. The first kappa shape index (κ1) is 14.4. The molecule has 0 bridgehead atoms. The van der Waals surface area contributed by atoms with Crippen molar-refractivity contribution >= 4 is 17.4 Å². The van der Waals surface area contributed by atoms with Crippen molar-refractivity contribution in [3.8, 4) is 5.75 Å². The van der Waals surface area contributed by atoms with Gasteiger partial charge in [-0.1, -0.05) is 37.3 Å². The van der Waals surface area contributed by atoms with E-state index in [1.54, 1.807) is 4.90 Å². The first-order valence-corrected chi connectivity index (χ1v) is 7.59. The highest BCUT2D eigenvalue weighted by atomic mass is 16.5. The Balaban J connectivity index is 1.87. The van der Waals surface area contributed by atoms with E-state index in [1.807, 2.05) is 55.5 Å². The van der Waals surface area contributed by atoms with Gasteiger partial charge in [0, 0.05) is 5.69 Å². The molecule has 2 aromatic carbocycles. The molecule has 3 rings (SSSR count). The van der Waals surface area contributed by atoms with Gasteiger partial charge < -0.3 is 10.1 Å². The number of rotatable bonds is 2. The summed E-state index contributed by atoms with van der Waals surface area (Å²) in [6.45, 7) is 4.61. The molecule has 1 atom stereocenters. The summed E-state index contributed by atoms with van der Waals surface area (Å²) >= 11 is 0. The molecule has 0 aromatic heterocycles. The van der Waals surface area contributed by atoms with E-state index in [0.717, 1.165) is 29.1 Å². The Labute approximate surface area is 130 Å². The van der Waals surface area contributed by atoms with Crippen molar-refractivity contribution in [1.82, 2.24) is 0 Å². The van der Waals surface area contributed by atoms with Crippen LogP contribution in [0.15, 0.2) is 48.5 Å². The number of anilines is 2. The zero-order chi connectivity index (χ0) is 15.5. The average Bonchev–Trinajstić information content (AvgIpc) is 2.55. The number of benzene rings is 2. The maximum absolute atomic E-state index is 12.7. The van der Waals surface area contributed by atoms with Crippen LogP contribution < -0.4 is 15.0 Å². The van der Waals surface area contributed by atoms with Crippen molar-refractivity contribution in [3.63, 3.8) is 0 Å². The predicted molar refractivity (Wildman–Crippen MR) is 88.7 cm³/mol. The third-order valence-corrected chi connectivity index (χ3v) is 3.92. The van der Waals surface area contributed by atoms with E-state index >= 15 is 0 Å². The SMILES string of the molecule is CC[C@H]1CN(C(=O)Nc2ccccc2C)c2ccccc2O1. The van der Waals surface area contributed by atoms with E-state index in [1.165, 1.54) is 0 Å². The lowest BCUT2D eigenvalue weighted by molar-refractivity contribution is 0.188. The van der Waals surface area contributed by atoms with Crippen LogP contribution in [0.1, 0.15) is 18.9 Å². The number of para-hydroxylation sites is 3. The topological polar surface area (TPSA) is 41.6 Å². The molecule has 0 saturated carbocycles. The number of ether oxygens (including phenoxy) is 1. The number of amides is 2. The molecule has 1 aliphatic rings. The summed E-state index contributed by atoms with van der Waals surface area (Å²) in [5, 5.41) is 3.00. The summed E-state index contributed by atoms with van der Waals surface area (Å²) in [4.78, 5) is 14.5. The van der Waals surface area contributed by atoms with E-state index in [4.69, 9.17) is 4.74 Å². The first-order chi connectivity index (χ1) is 10.7. The maximum Gasteiger partial charge on any atom is 0.326 e. The molecule has 0 radical (unpaired) electrons. The van der Waals surface area contributed by atoms with Crippen molar-refractivity contribution < 1.29 is 9.53 Å². The molecular formula is C18H20N2O2. The second kappa shape index (κ2) is 6.10. The van der Waals surface area contributed by atoms with Gasteiger partial charge >= 0.3 is 6.03 Å². The molecule has 0 aliphatic carbocycles. The molecule has 0 spiro atoms. The van der Waals surface area contributed by atoms with E-state index in [0.29, 0.717) is 6.54 Å². The Morgan fingerprint density at radius 2 is 1.95 bits per heavy atom. The standard InChI is InChI=1S/C18H20N2O2/c1-3-14-12-20(16-10-6-7-11-17(16)22-14)18(21)19-15-9-5-4-8-13(15)2/h4-11,14H,3,12H2,1-2H3,(H,19,21)/t14-/m0/s1. The minimum Gasteiger partial charge on any atom is -0.486 e. The smallest absolute Gasteiger partial charge is 0.326 e. The number of carbonyl (C=O) groups is 1. The first-order valence-electron chi connectivity index (χ1n) is 7.59. The van der Waals surface area contributed by atoms with Gasteiger partial charge in [-0.25, -0.2) is 4.79 Å². The fourth-order valence-electron chi connectivity index (χ4n) is 2.60. The van der Waals surface area contributed by atoms with Gasteiger partial charge in [-0.15, -0.1) is 0 Å². The van der Waals surface area contributed by atoms with Gasteiger partial charge in [-0.3, -0.25) is 4.90 Å². The third-order valence-electron chi connectivity index (χ3n) is 3.92. The van der Waals surface area contributed by atoms with Gasteiger partial charge in [0.25, 0.3) is 0 Å². The molecule has 4 heteroatoms. The second-order valence-electron chi connectivity index (χ2n) is 5.47. The van der Waals surface area contributed by atoms with Crippen LogP contribution in [0.25, 0.3) is 0 Å². The highest BCUT2D eigenvalue weighted by Crippen LogP contribution is 2.34. The van der Waals surface area contributed by atoms with Crippen LogP contribution in [0.5, 0.6) is 5.75 Å². The summed E-state index contributed by atoms with van der Waals surface area (Å²) in [6, 6.07) is 15.3. The number of nitrogens with zero attached hydrogens (tertiary/aromatic N) is 1. The largest absolute Gasteiger partial charge is 0.486 e. The Morgan fingerprint density at radius 3 is 2.73 bits per heavy atom. The van der Waals surface area contributed by atoms with Gasteiger partial charge in [0.15, 0.2) is 0 Å². The van der Waals surface area contributed by atoms with Crippen molar-refractivity contribution in [2.24, 2.45) is 0 Å². The Kier molecular flexibility index (Phi) is 4.00. The van der Waals surface area contributed by atoms with Crippen molar-refractivity contribution in [2.75, 3.05) is 16.8 Å². The predicted octanol–water partition coefficient (Wildman–Crippen LogP) is 4.20. The molecule has 0 saturated heterocycles. The van der Waals surface area contributed by atoms with Gasteiger partial charge in [0.2, 0.25) is 0 Å². The molecular weight excluding hydrogens is 276 g/mol. The quantitative estimate of drug-likeness (QED) is 0.902. The van der Waals surface area contributed by atoms with Crippen LogP contribution in [0, 0.1) is 6.92 Å². The molecule has 0 unspecified atom stereocenters. The molecule has 0 fully saturated rings. The zero-order valence-electron chi connectivity index (χ0n) is 12.9. The number of fused-ring (bicyclic) bond motifs is 1. The third kappa shape index (κ3) is 2.77. The summed E-state index contributed by atoms with van der Waals surface area (Å²) in [6.07, 6.45) is 0.889. The molecule has 2 aromatic rings. The lowest BCUT2D eigenvalue weighted by Gasteiger charge is -2.34. The van der Waals surface area contributed by atoms with E-state index in [2.05, 4.69) is 12.2 Å². The van der Waals surface area contributed by atoms with Crippen LogP contribution in [-0.4, -0.2) is 18.7 Å². The highest BCUT2D eigenvalue weighted by molar-refractivity contribution is 6.03. The minimum absolute atomic E-state index is 0.0255. The Bertz CT molecular complexity index is 684. The van der Waals surface area contributed by atoms with Gasteiger partial charge in [0.1, 0.15) is 11.9 Å². The summed E-state index contributed by atoms with van der Waals surface area (Å²) in [5.41, 5.74) is 2.70. The van der Waals surface area contributed by atoms with E-state index < -0.39 is 0 Å². The average molecular weight is 296 g/mol. The van der Waals surface area contributed by atoms with Crippen molar-refractivity contribution in [1.29, 1.82) is 0 Å². The number of carbonyl (C=O) groups excluding carboxylic acids is 1. The molecule has 1 heterocycles. The molecule has 1 N–H and O–H groups in total. The van der Waals surface area contributed by atoms with Crippen LogP contribution in [-0.2, 0) is 0 Å². The Morgan fingerprint density at radius 1 is 1.23 bits per heavy atom. The number of urea groups is 1. The van der Waals surface area contributed by atoms with Crippen LogP contribution in [0.4, 0.5) is 16.2 Å². The Hall–Kier alpha value is -2.49. The van der Waals surface area contributed by atoms with E-state index in [-0.39, 0.29) is 12.1 Å². The minimum atomic E-state index is -0.122. The number of nitrogens with one attached hydrogen (secondary N) is 1. The number of aryl methyl sites for hydroxylation is 1. The zero-order valence-corrected chi connectivity index (χ0v) is 12.9. The van der Waals surface area contributed by atoms with E-state index in [9.17, 15) is 4.79 Å². The molecule has 2 amide bonds.